The molecule has 0 spiro atoms. The van der Waals surface area contributed by atoms with Crippen molar-refractivity contribution in [3.05, 3.63) is 170 Å². The first-order chi connectivity index (χ1) is 51.2. The normalized spacial score (nSPS) is 14.8. The molecule has 0 aliphatic rings. The van der Waals surface area contributed by atoms with E-state index in [0.717, 1.165) is 199 Å². The smallest absolute Gasteiger partial charge is 0.463 e. The molecule has 0 aliphatic carbocycles. The van der Waals surface area contributed by atoms with E-state index in [4.69, 9.17) is 32.3 Å². The highest BCUT2D eigenvalue weighted by atomic mass is 31.2. The van der Waals surface area contributed by atoms with Gasteiger partial charge in [-0.2, -0.15) is 0 Å². The van der Waals surface area contributed by atoms with Gasteiger partial charge in [0.05, 0.1) is 26.4 Å². The SMILES string of the molecule is CC/C=C\C/C=C\C/C=C\C/C=C\C/C=C\CCCCCCCCCCCCCC(=O)OCC(O)COP(=O)(O)OCC(O)COP(=O)(O)OCC(COC(=O)CCCCCCCCC/C=C\C/C=C\C/C=C\C/C=C\C/C=C\CC)OC(=O)CCCCCCCC/C=C\C/C=C\C/C=C\C/C=C\CC. The fourth-order valence-electron chi connectivity index (χ4n) is 10.4. The Kier molecular flexibility index (Phi) is 74.7. The Balaban J connectivity index is 4.66. The highest BCUT2D eigenvalue weighted by Gasteiger charge is 2.29. The molecule has 4 N–H and O–H groups in total. The number of aliphatic hydroxyl groups is 2. The van der Waals surface area contributed by atoms with Crippen molar-refractivity contribution in [1.29, 1.82) is 0 Å². The number of aliphatic hydroxyl groups excluding tert-OH is 2. The van der Waals surface area contributed by atoms with E-state index in [1.54, 1.807) is 0 Å². The number of esters is 3. The van der Waals surface area contributed by atoms with Crippen molar-refractivity contribution < 1.29 is 75.8 Å². The van der Waals surface area contributed by atoms with Crippen LogP contribution in [0, 0.1) is 0 Å². The van der Waals surface area contributed by atoms with Gasteiger partial charge in [-0.1, -0.05) is 306 Å². The summed E-state index contributed by atoms with van der Waals surface area (Å²) < 4.78 is 61.2. The number of ether oxygens (including phenoxy) is 3. The number of unbranched alkanes of at least 4 members (excludes halogenated alkanes) is 24. The van der Waals surface area contributed by atoms with Gasteiger partial charge < -0.3 is 34.2 Å². The summed E-state index contributed by atoms with van der Waals surface area (Å²) >= 11 is 0. The molecule has 16 nitrogen and oxygen atoms in total. The van der Waals surface area contributed by atoms with Crippen molar-refractivity contribution in [2.24, 2.45) is 0 Å². The Labute approximate surface area is 637 Å². The second-order valence-electron chi connectivity index (χ2n) is 26.4. The van der Waals surface area contributed by atoms with Crippen LogP contribution in [0.2, 0.25) is 0 Å². The van der Waals surface area contributed by atoms with E-state index < -0.39 is 91.5 Å². The molecule has 0 rings (SSSR count). The minimum Gasteiger partial charge on any atom is -0.463 e. The molecule has 5 unspecified atom stereocenters. The average molecular weight is 1510 g/mol. The van der Waals surface area contributed by atoms with Gasteiger partial charge in [-0.15, -0.1) is 0 Å². The number of hydrogen-bond acceptors (Lipinski definition) is 14. The summed E-state index contributed by atoms with van der Waals surface area (Å²) in [6.45, 7) is 2.31. The zero-order valence-electron chi connectivity index (χ0n) is 65.3. The minimum absolute atomic E-state index is 0.0799. The molecule has 0 aromatic heterocycles. The van der Waals surface area contributed by atoms with Gasteiger partial charge in [0.2, 0.25) is 0 Å². The summed E-state index contributed by atoms with van der Waals surface area (Å²) in [6.07, 6.45) is 99.6. The lowest BCUT2D eigenvalue weighted by Crippen LogP contribution is -2.30. The molecule has 0 radical (unpaired) electrons. The summed E-state index contributed by atoms with van der Waals surface area (Å²) in [6, 6.07) is 0. The van der Waals surface area contributed by atoms with Crippen LogP contribution < -0.4 is 0 Å². The molecule has 0 amide bonds. The zero-order valence-corrected chi connectivity index (χ0v) is 67.1. The Morgan fingerprint density at radius 1 is 0.267 bits per heavy atom. The lowest BCUT2D eigenvalue weighted by molar-refractivity contribution is -0.161. The van der Waals surface area contributed by atoms with E-state index >= 15 is 0 Å². The van der Waals surface area contributed by atoms with Crippen LogP contribution in [0.15, 0.2) is 170 Å². The summed E-state index contributed by atoms with van der Waals surface area (Å²) in [5, 5.41) is 20.7. The Hall–Kier alpha value is -5.09. The first kappa shape index (κ1) is 99.9. The number of phosphoric ester groups is 2. The third-order valence-electron chi connectivity index (χ3n) is 16.4. The number of hydrogen-bond donors (Lipinski definition) is 4. The molecule has 0 fully saturated rings. The van der Waals surface area contributed by atoms with Crippen LogP contribution in [0.5, 0.6) is 0 Å². The van der Waals surface area contributed by atoms with Gasteiger partial charge >= 0.3 is 33.6 Å². The molecule has 18 heteroatoms. The lowest BCUT2D eigenvalue weighted by Gasteiger charge is -2.21. The van der Waals surface area contributed by atoms with Crippen molar-refractivity contribution in [2.75, 3.05) is 39.6 Å². The summed E-state index contributed by atoms with van der Waals surface area (Å²) in [4.78, 5) is 58.8. The number of rotatable bonds is 75. The summed E-state index contributed by atoms with van der Waals surface area (Å²) in [5.74, 6) is -1.61. The number of allylic oxidation sites excluding steroid dienone is 28. The largest absolute Gasteiger partial charge is 0.472 e. The summed E-state index contributed by atoms with van der Waals surface area (Å²) in [7, 11) is -9.81. The van der Waals surface area contributed by atoms with Crippen LogP contribution in [0.4, 0.5) is 0 Å². The predicted molar refractivity (Wildman–Crippen MR) is 435 cm³/mol. The Bertz CT molecular complexity index is 2590. The number of phosphoric acid groups is 2. The van der Waals surface area contributed by atoms with Gasteiger partial charge in [-0.3, -0.25) is 32.5 Å². The van der Waals surface area contributed by atoms with Crippen molar-refractivity contribution >= 4 is 33.6 Å². The van der Waals surface area contributed by atoms with Crippen LogP contribution in [-0.2, 0) is 55.8 Å². The van der Waals surface area contributed by atoms with Crippen LogP contribution in [0.25, 0.3) is 0 Å². The highest BCUT2D eigenvalue weighted by Crippen LogP contribution is 2.45. The highest BCUT2D eigenvalue weighted by molar-refractivity contribution is 7.47. The standard InChI is InChI=1S/C87H144O16P2/c1-4-7-10-13-16-19-22-25-28-31-34-36-38-39-40-41-43-45-47-49-52-55-58-61-64-67-70-73-85(90)97-76-82(88)77-99-104(93,94)100-78-83(89)79-101-105(95,96)102-81-84(103-87(92)75-72-69-66-63-60-57-54-51-46-33-30-27-24-21-18-15-12-9-6-3)80-98-86(91)74-71-68-65-62-59-56-53-50-48-44-42-37-35-32-29-26-23-20-17-14-11-8-5-2/h7-12,16-21,25-30,34-37,39-40,44,46,48,51,82-84,88-89H,4-6,13-15,22-24,31-33,38,41-43,45,47,49-50,52-81H2,1-3H3,(H,93,94)(H,95,96)/b10-7-,11-8-,12-9-,19-16-,20-17-,21-18-,28-25-,29-26-,30-27-,36-34-,37-35-,40-39-,48-44-,51-46-. The fourth-order valence-corrected chi connectivity index (χ4v) is 12.0. The second kappa shape index (κ2) is 78.5. The van der Waals surface area contributed by atoms with Crippen LogP contribution in [-0.4, -0.2) is 95.9 Å². The molecule has 0 aliphatic heterocycles. The molecule has 0 aromatic carbocycles. The van der Waals surface area contributed by atoms with Gasteiger partial charge in [0.15, 0.2) is 6.10 Å². The molecule has 0 heterocycles. The molecule has 0 aromatic rings. The van der Waals surface area contributed by atoms with Crippen molar-refractivity contribution in [3.63, 3.8) is 0 Å². The third kappa shape index (κ3) is 79.8. The molecular weight excluding hydrogens is 1360 g/mol. The molecule has 0 saturated carbocycles. The summed E-state index contributed by atoms with van der Waals surface area (Å²) in [5.41, 5.74) is 0. The van der Waals surface area contributed by atoms with E-state index in [1.807, 2.05) is 0 Å². The Morgan fingerprint density at radius 2 is 0.476 bits per heavy atom. The monoisotopic (exact) mass is 1510 g/mol. The predicted octanol–water partition coefficient (Wildman–Crippen LogP) is 24.0. The maximum absolute atomic E-state index is 13.0. The third-order valence-corrected chi connectivity index (χ3v) is 18.3. The average Bonchev–Trinajstić information content (AvgIpc) is 0.941. The minimum atomic E-state index is -4.95. The second-order valence-corrected chi connectivity index (χ2v) is 29.3. The van der Waals surface area contributed by atoms with E-state index in [9.17, 15) is 43.5 Å². The first-order valence-corrected chi connectivity index (χ1v) is 43.4. The zero-order chi connectivity index (χ0) is 76.6. The maximum Gasteiger partial charge on any atom is 0.472 e. The van der Waals surface area contributed by atoms with Gasteiger partial charge in [0.25, 0.3) is 0 Å². The van der Waals surface area contributed by atoms with Gasteiger partial charge in [-0.05, 0) is 148 Å². The topological polar surface area (TPSA) is 231 Å². The van der Waals surface area contributed by atoms with Crippen molar-refractivity contribution in [2.45, 2.75) is 322 Å². The van der Waals surface area contributed by atoms with Crippen LogP contribution in [0.3, 0.4) is 0 Å². The van der Waals surface area contributed by atoms with Gasteiger partial charge in [0, 0.05) is 19.3 Å². The van der Waals surface area contributed by atoms with Crippen molar-refractivity contribution in [3.8, 4) is 0 Å². The van der Waals surface area contributed by atoms with Crippen LogP contribution in [0.1, 0.15) is 303 Å². The molecule has 105 heavy (non-hydrogen) atoms. The van der Waals surface area contributed by atoms with E-state index in [2.05, 4.69) is 191 Å². The maximum atomic E-state index is 13.0. The molecule has 0 bridgehead atoms. The van der Waals surface area contributed by atoms with E-state index in [-0.39, 0.29) is 19.3 Å². The quantitative estimate of drug-likeness (QED) is 0.0146. The Morgan fingerprint density at radius 3 is 0.752 bits per heavy atom. The van der Waals surface area contributed by atoms with Crippen molar-refractivity contribution in [1.82, 2.24) is 0 Å². The lowest BCUT2D eigenvalue weighted by atomic mass is 10.0. The van der Waals surface area contributed by atoms with Gasteiger partial charge in [0.1, 0.15) is 25.4 Å². The molecule has 0 saturated heterocycles. The number of carbonyl (C=O) groups excluding carboxylic acids is 3. The molecule has 5 atom stereocenters. The van der Waals surface area contributed by atoms with Gasteiger partial charge in [-0.25, -0.2) is 9.13 Å². The van der Waals surface area contributed by atoms with E-state index in [1.165, 1.54) is 44.9 Å². The van der Waals surface area contributed by atoms with E-state index in [0.29, 0.717) is 19.3 Å². The molecule has 598 valence electrons. The number of carbonyl (C=O) groups is 3. The van der Waals surface area contributed by atoms with Crippen LogP contribution >= 0.6 is 15.6 Å². The first-order valence-electron chi connectivity index (χ1n) is 40.4. The fraction of sp³-hybridized carbons (Fsp3) is 0.644. The molecular formula is C87H144O16P2.